The highest BCUT2D eigenvalue weighted by molar-refractivity contribution is 6.08. The molecule has 0 unspecified atom stereocenters. The highest BCUT2D eigenvalue weighted by Crippen LogP contribution is 2.37. The summed E-state index contributed by atoms with van der Waals surface area (Å²) >= 11 is 0. The molecule has 1 aromatic heterocycles. The minimum absolute atomic E-state index is 0.0768. The van der Waals surface area contributed by atoms with Gasteiger partial charge in [-0.05, 0) is 23.6 Å². The van der Waals surface area contributed by atoms with Crippen LogP contribution in [0.15, 0.2) is 66.9 Å². The smallest absolute Gasteiger partial charge is 0.257 e. The number of carbonyl (C=O) groups excluding carboxylic acids is 2. The van der Waals surface area contributed by atoms with E-state index in [-0.39, 0.29) is 22.8 Å². The summed E-state index contributed by atoms with van der Waals surface area (Å²) < 4.78 is 14.4. The molecule has 0 radical (unpaired) electrons. The number of carbonyl (C=O) groups is 2. The Bertz CT molecular complexity index is 1310. The molecule has 0 aliphatic carbocycles. The van der Waals surface area contributed by atoms with Crippen LogP contribution in [0.4, 0.5) is 4.39 Å². The quantitative estimate of drug-likeness (QED) is 0.481. The summed E-state index contributed by atoms with van der Waals surface area (Å²) in [4.78, 5) is 29.3. The van der Waals surface area contributed by atoms with Crippen molar-refractivity contribution >= 4 is 23.0 Å². The molecular formula is C25H19FN2O3. The molecule has 1 amide bonds. The van der Waals surface area contributed by atoms with Gasteiger partial charge in [0.2, 0.25) is 0 Å². The van der Waals surface area contributed by atoms with Crippen LogP contribution in [-0.2, 0) is 0 Å². The number of fused-ring (bicyclic) bond motifs is 1. The Morgan fingerprint density at radius 2 is 1.74 bits per heavy atom. The van der Waals surface area contributed by atoms with E-state index in [1.807, 2.05) is 12.1 Å². The number of nitrogens with zero attached hydrogens (tertiary/aromatic N) is 2. The maximum absolute atomic E-state index is 14.4. The van der Waals surface area contributed by atoms with Gasteiger partial charge in [-0.2, -0.15) is 0 Å². The lowest BCUT2D eigenvalue weighted by Crippen LogP contribution is -2.21. The predicted molar refractivity (Wildman–Crippen MR) is 118 cm³/mol. The van der Waals surface area contributed by atoms with Crippen LogP contribution < -0.4 is 0 Å². The van der Waals surface area contributed by atoms with Gasteiger partial charge in [0.1, 0.15) is 17.9 Å². The van der Waals surface area contributed by atoms with E-state index in [9.17, 15) is 19.1 Å². The fourth-order valence-corrected chi connectivity index (χ4v) is 3.53. The van der Waals surface area contributed by atoms with Crippen molar-refractivity contribution in [3.63, 3.8) is 0 Å². The van der Waals surface area contributed by atoms with Crippen molar-refractivity contribution in [2.45, 2.75) is 0 Å². The van der Waals surface area contributed by atoms with Gasteiger partial charge >= 0.3 is 0 Å². The number of aldehydes is 1. The van der Waals surface area contributed by atoms with E-state index >= 15 is 0 Å². The first kappa shape index (κ1) is 20.2. The molecule has 1 N–H and O–H groups in total. The van der Waals surface area contributed by atoms with Crippen molar-refractivity contribution in [1.29, 1.82) is 0 Å². The number of hydrogen-bond donors (Lipinski definition) is 1. The Labute approximate surface area is 178 Å². The third-order valence-electron chi connectivity index (χ3n) is 5.13. The van der Waals surface area contributed by atoms with E-state index in [1.54, 1.807) is 62.8 Å². The van der Waals surface area contributed by atoms with Crippen molar-refractivity contribution in [3.05, 3.63) is 83.8 Å². The van der Waals surface area contributed by atoms with Crippen molar-refractivity contribution in [2.24, 2.45) is 0 Å². The summed E-state index contributed by atoms with van der Waals surface area (Å²) in [5, 5.41) is 12.0. The number of phenols is 1. The molecule has 1 heterocycles. The van der Waals surface area contributed by atoms with E-state index < -0.39 is 5.82 Å². The predicted octanol–water partition coefficient (Wildman–Crippen LogP) is 4.93. The zero-order valence-corrected chi connectivity index (χ0v) is 17.0. The summed E-state index contributed by atoms with van der Waals surface area (Å²) in [6.07, 6.45) is 2.14. The van der Waals surface area contributed by atoms with Crippen LogP contribution >= 0.6 is 0 Å². The zero-order valence-electron chi connectivity index (χ0n) is 17.0. The van der Waals surface area contributed by atoms with Gasteiger partial charge in [-0.25, -0.2) is 4.39 Å². The first-order valence-electron chi connectivity index (χ1n) is 9.58. The van der Waals surface area contributed by atoms with Crippen LogP contribution in [0, 0.1) is 5.82 Å². The molecule has 4 rings (SSSR count). The number of pyridine rings is 1. The average molecular weight is 414 g/mol. The Morgan fingerprint density at radius 3 is 2.35 bits per heavy atom. The number of halogens is 1. The minimum atomic E-state index is -0.506. The molecule has 0 fully saturated rings. The Hall–Kier alpha value is -4.06. The summed E-state index contributed by atoms with van der Waals surface area (Å²) in [5.74, 6) is -0.904. The number of aromatic hydroxyl groups is 1. The molecular weight excluding hydrogens is 395 g/mol. The molecule has 31 heavy (non-hydrogen) atoms. The van der Waals surface area contributed by atoms with E-state index in [0.717, 1.165) is 5.39 Å². The number of amides is 1. The van der Waals surface area contributed by atoms with E-state index in [4.69, 9.17) is 0 Å². The standard InChI is InChI=1S/C25H19FN2O3/c1-28(2)25(31)21-12-20(18-5-3-4-6-19(18)24(21)30)23-10-8-16(13-27-23)17-9-7-15(14-29)11-22(17)26/h3-14,30H,1-2H3. The van der Waals surface area contributed by atoms with Crippen molar-refractivity contribution < 1.29 is 19.1 Å². The normalized spacial score (nSPS) is 10.8. The van der Waals surface area contributed by atoms with Crippen molar-refractivity contribution in [1.82, 2.24) is 9.88 Å². The lowest BCUT2D eigenvalue weighted by molar-refractivity contribution is 0.0825. The van der Waals surface area contributed by atoms with Crippen LogP contribution in [0.1, 0.15) is 20.7 Å². The van der Waals surface area contributed by atoms with Crippen molar-refractivity contribution in [2.75, 3.05) is 14.1 Å². The SMILES string of the molecule is CN(C)C(=O)c1cc(-c2ccc(-c3ccc(C=O)cc3F)cn2)c2ccccc2c1O. The highest BCUT2D eigenvalue weighted by atomic mass is 19.1. The molecule has 0 spiro atoms. The lowest BCUT2D eigenvalue weighted by Gasteiger charge is -2.16. The summed E-state index contributed by atoms with van der Waals surface area (Å²) in [6.45, 7) is 0. The third-order valence-corrected chi connectivity index (χ3v) is 5.13. The van der Waals surface area contributed by atoms with Gasteiger partial charge in [0.05, 0.1) is 11.3 Å². The first-order valence-corrected chi connectivity index (χ1v) is 9.58. The number of phenolic OH excluding ortho intramolecular Hbond substituents is 1. The van der Waals surface area contributed by atoms with Crippen LogP contribution in [-0.4, -0.2) is 41.3 Å². The highest BCUT2D eigenvalue weighted by Gasteiger charge is 2.19. The second-order valence-corrected chi connectivity index (χ2v) is 7.35. The summed E-state index contributed by atoms with van der Waals surface area (Å²) in [6, 6.07) is 16.6. The maximum atomic E-state index is 14.4. The largest absolute Gasteiger partial charge is 0.506 e. The van der Waals surface area contributed by atoms with Crippen LogP contribution in [0.25, 0.3) is 33.2 Å². The Morgan fingerprint density at radius 1 is 1.00 bits per heavy atom. The number of benzene rings is 3. The molecule has 154 valence electrons. The molecule has 0 bridgehead atoms. The van der Waals surface area contributed by atoms with E-state index in [2.05, 4.69) is 4.98 Å². The Kier molecular flexibility index (Phi) is 5.21. The Balaban J connectivity index is 1.85. The molecule has 0 saturated carbocycles. The van der Waals surface area contributed by atoms with Crippen LogP contribution in [0.3, 0.4) is 0 Å². The molecule has 0 atom stereocenters. The monoisotopic (exact) mass is 414 g/mol. The second kappa shape index (κ2) is 7.99. The third kappa shape index (κ3) is 3.64. The molecule has 6 heteroatoms. The van der Waals surface area contributed by atoms with Crippen molar-refractivity contribution in [3.8, 4) is 28.1 Å². The van der Waals surface area contributed by atoms with Crippen LogP contribution in [0.2, 0.25) is 0 Å². The number of aromatic nitrogens is 1. The molecule has 5 nitrogen and oxygen atoms in total. The first-order chi connectivity index (χ1) is 14.9. The number of hydrogen-bond acceptors (Lipinski definition) is 4. The summed E-state index contributed by atoms with van der Waals surface area (Å²) in [5.41, 5.74) is 2.61. The average Bonchev–Trinajstić information content (AvgIpc) is 2.79. The topological polar surface area (TPSA) is 70.5 Å². The molecule has 4 aromatic rings. The zero-order chi connectivity index (χ0) is 22.1. The minimum Gasteiger partial charge on any atom is -0.506 e. The molecule has 3 aromatic carbocycles. The fourth-order valence-electron chi connectivity index (χ4n) is 3.53. The van der Waals surface area contributed by atoms with Gasteiger partial charge in [-0.15, -0.1) is 0 Å². The van der Waals surface area contributed by atoms with Gasteiger partial charge in [-0.1, -0.05) is 42.5 Å². The van der Waals surface area contributed by atoms with Gasteiger partial charge in [-0.3, -0.25) is 14.6 Å². The second-order valence-electron chi connectivity index (χ2n) is 7.35. The number of rotatable bonds is 4. The fraction of sp³-hybridized carbons (Fsp3) is 0.0800. The van der Waals surface area contributed by atoms with Gasteiger partial charge < -0.3 is 10.0 Å². The summed E-state index contributed by atoms with van der Waals surface area (Å²) in [7, 11) is 3.24. The molecule has 0 aliphatic heterocycles. The van der Waals surface area contributed by atoms with Crippen LogP contribution in [0.5, 0.6) is 5.75 Å². The maximum Gasteiger partial charge on any atom is 0.257 e. The van der Waals surface area contributed by atoms with Gasteiger partial charge in [0.25, 0.3) is 5.91 Å². The van der Waals surface area contributed by atoms with E-state index in [0.29, 0.717) is 34.1 Å². The van der Waals surface area contributed by atoms with Gasteiger partial charge in [0.15, 0.2) is 0 Å². The van der Waals surface area contributed by atoms with Gasteiger partial charge in [0, 0.05) is 47.9 Å². The molecule has 0 saturated heterocycles. The lowest BCUT2D eigenvalue weighted by atomic mass is 9.96. The van der Waals surface area contributed by atoms with E-state index in [1.165, 1.54) is 11.0 Å². The molecule has 0 aliphatic rings.